The molecule has 5 rings (SSSR count). The maximum absolute atomic E-state index is 12.2. The predicted molar refractivity (Wildman–Crippen MR) is 223 cm³/mol. The first-order valence-corrected chi connectivity index (χ1v) is 19.9. The number of ketones is 1. The zero-order chi connectivity index (χ0) is 38.1. The Labute approximate surface area is 332 Å². The molecule has 0 saturated heterocycles. The number of allylic oxidation sites excluding steroid dienone is 2. The van der Waals surface area contributed by atoms with Gasteiger partial charge in [-0.15, -0.1) is 40.5 Å². The minimum atomic E-state index is -0.337. The standard InChI is InChI=1S/C32H34NS.C15H28O2.Ir/c1-18(2)13-27-21(5)29-30(33-26-15-19(3)14-20(4)28(26)31(29)34-27)23-16-22-11-9-10-12-24(22)25(17-23)32(6,7)8;1-7-14(5,8-2)12(16)11-13(17)15(6,9-3)10-4;/h9-12,14-15,17-18H,13H2,1-8H3;11,16H,7-10H2,1-6H3;/q-1;;/b;12-11-;. The largest absolute Gasteiger partial charge is 0.512 e. The molecule has 0 saturated carbocycles. The number of aliphatic hydroxyl groups is 1. The van der Waals surface area contributed by atoms with Gasteiger partial charge < -0.3 is 5.11 Å². The number of rotatable bonds is 10. The summed E-state index contributed by atoms with van der Waals surface area (Å²) in [6, 6.07) is 19.3. The van der Waals surface area contributed by atoms with E-state index in [0.29, 0.717) is 5.92 Å². The van der Waals surface area contributed by atoms with E-state index in [0.717, 1.165) is 54.3 Å². The maximum atomic E-state index is 12.2. The molecule has 0 fully saturated rings. The summed E-state index contributed by atoms with van der Waals surface area (Å²) in [6.07, 6.45) is 5.86. The fourth-order valence-electron chi connectivity index (χ4n) is 6.95. The number of nitrogens with zero attached hydrogens (tertiary/aromatic N) is 1. The van der Waals surface area contributed by atoms with Crippen LogP contribution in [0.25, 0.3) is 43.0 Å². The molecule has 0 atom stereocenters. The van der Waals surface area contributed by atoms with Crippen molar-refractivity contribution in [3.8, 4) is 11.3 Å². The molecule has 0 amide bonds. The topological polar surface area (TPSA) is 50.2 Å². The summed E-state index contributed by atoms with van der Waals surface area (Å²) < 4.78 is 1.38. The van der Waals surface area contributed by atoms with Gasteiger partial charge in [-0.1, -0.05) is 111 Å². The molecule has 5 heteroatoms. The molecule has 0 aliphatic carbocycles. The van der Waals surface area contributed by atoms with Crippen molar-refractivity contribution >= 4 is 48.9 Å². The van der Waals surface area contributed by atoms with E-state index in [1.54, 1.807) is 0 Å². The van der Waals surface area contributed by atoms with Crippen molar-refractivity contribution in [2.45, 2.75) is 134 Å². The Bertz CT molecular complexity index is 2070. The third-order valence-electron chi connectivity index (χ3n) is 11.4. The van der Waals surface area contributed by atoms with Crippen LogP contribution in [0.15, 0.2) is 54.3 Å². The molecular formula is C47H62IrNO2S-. The van der Waals surface area contributed by atoms with E-state index in [1.165, 1.54) is 54.1 Å². The second-order valence-corrected chi connectivity index (χ2v) is 17.8. The summed E-state index contributed by atoms with van der Waals surface area (Å²) >= 11 is 1.97. The molecule has 1 N–H and O–H groups in total. The Morgan fingerprint density at radius 1 is 0.885 bits per heavy atom. The van der Waals surface area contributed by atoms with Crippen LogP contribution in [-0.2, 0) is 36.7 Å². The molecule has 2 heterocycles. The normalized spacial score (nSPS) is 12.7. The van der Waals surface area contributed by atoms with E-state index in [9.17, 15) is 9.90 Å². The summed E-state index contributed by atoms with van der Waals surface area (Å²) in [7, 11) is 0. The van der Waals surface area contributed by atoms with Crippen LogP contribution < -0.4 is 0 Å². The quantitative estimate of drug-likeness (QED) is 0.0863. The van der Waals surface area contributed by atoms with Crippen molar-refractivity contribution in [3.63, 3.8) is 0 Å². The summed E-state index contributed by atoms with van der Waals surface area (Å²) in [5, 5.41) is 15.2. The van der Waals surface area contributed by atoms with Gasteiger partial charge in [-0.3, -0.25) is 9.78 Å². The molecule has 5 aromatic rings. The van der Waals surface area contributed by atoms with Gasteiger partial charge >= 0.3 is 0 Å². The van der Waals surface area contributed by atoms with Crippen LogP contribution in [0.2, 0.25) is 0 Å². The van der Waals surface area contributed by atoms with Gasteiger partial charge in [-0.05, 0) is 92.4 Å². The van der Waals surface area contributed by atoms with Crippen LogP contribution in [0, 0.1) is 43.6 Å². The molecule has 0 spiro atoms. The predicted octanol–water partition coefficient (Wildman–Crippen LogP) is 14.1. The van der Waals surface area contributed by atoms with E-state index in [1.807, 2.05) is 52.9 Å². The zero-order valence-electron chi connectivity index (χ0n) is 34.3. The van der Waals surface area contributed by atoms with Gasteiger partial charge in [0.25, 0.3) is 0 Å². The molecule has 52 heavy (non-hydrogen) atoms. The Balaban J connectivity index is 0.000000347. The molecule has 0 unspecified atom stereocenters. The molecule has 283 valence electrons. The summed E-state index contributed by atoms with van der Waals surface area (Å²) in [5.41, 5.74) is 8.01. The van der Waals surface area contributed by atoms with Gasteiger partial charge in [0.15, 0.2) is 5.78 Å². The average molecular weight is 897 g/mol. The molecule has 0 bridgehead atoms. The van der Waals surface area contributed by atoms with Crippen molar-refractivity contribution in [1.29, 1.82) is 0 Å². The molecular weight excluding hydrogens is 835 g/mol. The number of carbonyl (C=O) groups is 1. The monoisotopic (exact) mass is 897 g/mol. The number of aromatic nitrogens is 1. The van der Waals surface area contributed by atoms with Crippen molar-refractivity contribution < 1.29 is 30.0 Å². The first-order chi connectivity index (χ1) is 23.8. The molecule has 3 aromatic carbocycles. The average Bonchev–Trinajstić information content (AvgIpc) is 3.40. The second-order valence-electron chi connectivity index (χ2n) is 16.7. The van der Waals surface area contributed by atoms with Crippen molar-refractivity contribution in [2.75, 3.05) is 0 Å². The fourth-order valence-corrected chi connectivity index (χ4v) is 8.59. The van der Waals surface area contributed by atoms with Crippen molar-refractivity contribution in [2.24, 2.45) is 16.7 Å². The minimum absolute atomic E-state index is 0. The van der Waals surface area contributed by atoms with Gasteiger partial charge in [0.2, 0.25) is 0 Å². The molecule has 0 aliphatic heterocycles. The van der Waals surface area contributed by atoms with Crippen LogP contribution >= 0.6 is 11.3 Å². The van der Waals surface area contributed by atoms with Gasteiger partial charge in [0.05, 0.1) is 5.52 Å². The molecule has 0 aliphatic rings. The summed E-state index contributed by atoms with van der Waals surface area (Å²) in [6.45, 7) is 30.3. The third kappa shape index (κ3) is 8.91. The van der Waals surface area contributed by atoms with E-state index >= 15 is 0 Å². The number of aryl methyl sites for hydroxylation is 3. The SMILES string of the molecule is CCC(C)(CC)C(=O)/C=C(\O)C(C)(CC)CC.Cc1cc(C)c2c(c1)nc(-c1[c-]c3ccccc3c(C(C)(C)C)c1)c1c(C)c(CC(C)C)sc12.[Ir]. The van der Waals surface area contributed by atoms with Crippen molar-refractivity contribution in [1.82, 2.24) is 4.98 Å². The first kappa shape index (κ1) is 43.6. The smallest absolute Gasteiger partial charge is 0.164 e. The van der Waals surface area contributed by atoms with Gasteiger partial charge in [0, 0.05) is 57.7 Å². The maximum Gasteiger partial charge on any atom is 0.164 e. The Hall–Kier alpha value is -2.85. The van der Waals surface area contributed by atoms with Crippen LogP contribution in [0.1, 0.15) is 129 Å². The minimum Gasteiger partial charge on any atom is -0.512 e. The number of carbonyl (C=O) groups excluding carboxylic acids is 1. The second kappa shape index (κ2) is 17.1. The number of fused-ring (bicyclic) bond motifs is 4. The number of hydrogen-bond acceptors (Lipinski definition) is 4. The van der Waals surface area contributed by atoms with Gasteiger partial charge in [-0.25, -0.2) is 0 Å². The van der Waals surface area contributed by atoms with Crippen LogP contribution in [0.5, 0.6) is 0 Å². The van der Waals surface area contributed by atoms with E-state index in [4.69, 9.17) is 4.98 Å². The van der Waals surface area contributed by atoms with E-state index in [-0.39, 0.29) is 47.9 Å². The zero-order valence-corrected chi connectivity index (χ0v) is 37.5. The Kier molecular flexibility index (Phi) is 14.3. The van der Waals surface area contributed by atoms with Gasteiger partial charge in [-0.2, -0.15) is 0 Å². The number of benzene rings is 3. The van der Waals surface area contributed by atoms with E-state index < -0.39 is 0 Å². The molecule has 1 radical (unpaired) electrons. The Morgan fingerprint density at radius 2 is 1.48 bits per heavy atom. The van der Waals surface area contributed by atoms with Crippen LogP contribution in [0.3, 0.4) is 0 Å². The first-order valence-electron chi connectivity index (χ1n) is 19.1. The van der Waals surface area contributed by atoms with Gasteiger partial charge in [0.1, 0.15) is 5.76 Å². The third-order valence-corrected chi connectivity index (χ3v) is 12.8. The van der Waals surface area contributed by atoms with Crippen molar-refractivity contribution in [3.05, 3.63) is 87.5 Å². The Morgan fingerprint density at radius 3 is 2.04 bits per heavy atom. The summed E-state index contributed by atoms with van der Waals surface area (Å²) in [4.78, 5) is 19.0. The fraction of sp³-hybridized carbons (Fsp3) is 0.489. The number of aliphatic hydroxyl groups excluding tert-OH is 1. The molecule has 2 aromatic heterocycles. The number of thiophene rings is 1. The number of pyridine rings is 1. The molecule has 3 nitrogen and oxygen atoms in total. The van der Waals surface area contributed by atoms with Crippen LogP contribution in [-0.4, -0.2) is 15.9 Å². The van der Waals surface area contributed by atoms with E-state index in [2.05, 4.69) is 104 Å². The number of hydrogen-bond donors (Lipinski definition) is 1. The summed E-state index contributed by atoms with van der Waals surface area (Å²) in [5.74, 6) is 0.909. The van der Waals surface area contributed by atoms with Crippen LogP contribution in [0.4, 0.5) is 0 Å².